The van der Waals surface area contributed by atoms with Crippen molar-refractivity contribution in [2.45, 2.75) is 31.8 Å². The zero-order valence-corrected chi connectivity index (χ0v) is 14.8. The van der Waals surface area contributed by atoms with Crippen molar-refractivity contribution in [3.8, 4) is 0 Å². The summed E-state index contributed by atoms with van der Waals surface area (Å²) in [5, 5.41) is 0. The highest BCUT2D eigenvalue weighted by atomic mass is 19.1. The molecule has 1 aromatic heterocycles. The van der Waals surface area contributed by atoms with Crippen LogP contribution in [-0.4, -0.2) is 65.5 Å². The summed E-state index contributed by atoms with van der Waals surface area (Å²) in [5.41, 5.74) is 0.535. The first-order chi connectivity index (χ1) is 12.6. The molecular formula is C19H24FN3O3. The predicted octanol–water partition coefficient (Wildman–Crippen LogP) is 1.25. The van der Waals surface area contributed by atoms with E-state index in [2.05, 4.69) is 4.98 Å². The molecule has 3 aliphatic heterocycles. The Labute approximate surface area is 152 Å². The van der Waals surface area contributed by atoms with Crippen molar-refractivity contribution in [3.63, 3.8) is 0 Å². The molecule has 3 saturated heterocycles. The first-order valence-electron chi connectivity index (χ1n) is 9.40. The lowest BCUT2D eigenvalue weighted by atomic mass is 9.81. The van der Waals surface area contributed by atoms with Gasteiger partial charge in [0.15, 0.2) is 0 Å². The van der Waals surface area contributed by atoms with Crippen LogP contribution in [0, 0.1) is 17.7 Å². The molecule has 2 amide bonds. The Morgan fingerprint density at radius 3 is 2.73 bits per heavy atom. The fraction of sp³-hybridized carbons (Fsp3) is 0.632. The second kappa shape index (κ2) is 7.31. The molecule has 0 unspecified atom stereocenters. The van der Waals surface area contributed by atoms with E-state index in [0.29, 0.717) is 25.4 Å². The normalized spacial score (nSPS) is 28.3. The number of amides is 2. The van der Waals surface area contributed by atoms with Crippen molar-refractivity contribution in [2.75, 3.05) is 32.8 Å². The largest absolute Gasteiger partial charge is 0.376 e. The summed E-state index contributed by atoms with van der Waals surface area (Å²) in [6.07, 6.45) is 4.17. The van der Waals surface area contributed by atoms with Crippen molar-refractivity contribution in [1.29, 1.82) is 0 Å². The van der Waals surface area contributed by atoms with Gasteiger partial charge in [0.2, 0.25) is 11.8 Å². The molecule has 0 aromatic carbocycles. The molecule has 26 heavy (non-hydrogen) atoms. The molecule has 0 N–H and O–H groups in total. The summed E-state index contributed by atoms with van der Waals surface area (Å²) in [5.74, 6) is -0.314. The zero-order valence-electron chi connectivity index (χ0n) is 14.8. The van der Waals surface area contributed by atoms with Gasteiger partial charge in [0.25, 0.3) is 0 Å². The molecule has 0 bridgehead atoms. The number of piperidine rings is 1. The standard InChI is InChI=1S/C19H24FN3O3/c20-13-3-4-14(21-10-13)9-18(24)23-11-16(15-5-8-26-17(15)12-23)19(25)22-6-1-2-7-22/h3-4,10,15-17H,1-2,5-9,11-12H2/t15-,16-,17+/m0/s1. The Bertz CT molecular complexity index is 675. The van der Waals surface area contributed by atoms with Crippen molar-refractivity contribution < 1.29 is 18.7 Å². The van der Waals surface area contributed by atoms with Gasteiger partial charge in [-0.05, 0) is 31.4 Å². The number of carbonyl (C=O) groups is 2. The van der Waals surface area contributed by atoms with Crippen LogP contribution in [0.25, 0.3) is 0 Å². The number of ether oxygens (including phenoxy) is 1. The summed E-state index contributed by atoms with van der Waals surface area (Å²) in [4.78, 5) is 33.4. The lowest BCUT2D eigenvalue weighted by Gasteiger charge is -2.40. The first kappa shape index (κ1) is 17.4. The fourth-order valence-corrected chi connectivity index (χ4v) is 4.39. The van der Waals surface area contributed by atoms with Gasteiger partial charge in [-0.15, -0.1) is 0 Å². The highest BCUT2D eigenvalue weighted by Gasteiger charge is 2.46. The van der Waals surface area contributed by atoms with E-state index in [0.717, 1.165) is 38.5 Å². The second-order valence-corrected chi connectivity index (χ2v) is 7.44. The van der Waals surface area contributed by atoms with Gasteiger partial charge in [0.05, 0.1) is 24.6 Å². The van der Waals surface area contributed by atoms with E-state index in [9.17, 15) is 14.0 Å². The van der Waals surface area contributed by atoms with Crippen LogP contribution in [0.1, 0.15) is 25.0 Å². The van der Waals surface area contributed by atoms with Crippen LogP contribution in [0.3, 0.4) is 0 Å². The maximum absolute atomic E-state index is 13.0. The predicted molar refractivity (Wildman–Crippen MR) is 91.6 cm³/mol. The van der Waals surface area contributed by atoms with Crippen molar-refractivity contribution in [1.82, 2.24) is 14.8 Å². The lowest BCUT2D eigenvalue weighted by Crippen LogP contribution is -2.55. The minimum atomic E-state index is -0.419. The molecular weight excluding hydrogens is 337 g/mol. The van der Waals surface area contributed by atoms with Gasteiger partial charge >= 0.3 is 0 Å². The third-order valence-corrected chi connectivity index (χ3v) is 5.80. The number of pyridine rings is 1. The first-order valence-corrected chi connectivity index (χ1v) is 9.40. The number of hydrogen-bond donors (Lipinski definition) is 0. The van der Waals surface area contributed by atoms with Gasteiger partial charge in [-0.3, -0.25) is 14.6 Å². The minimum absolute atomic E-state index is 0.0644. The molecule has 140 valence electrons. The Morgan fingerprint density at radius 1 is 1.19 bits per heavy atom. The minimum Gasteiger partial charge on any atom is -0.376 e. The summed E-state index contributed by atoms with van der Waals surface area (Å²) in [6, 6.07) is 2.83. The summed E-state index contributed by atoms with van der Waals surface area (Å²) in [7, 11) is 0. The third-order valence-electron chi connectivity index (χ3n) is 5.80. The quantitative estimate of drug-likeness (QED) is 0.813. The molecule has 0 radical (unpaired) electrons. The number of likely N-dealkylation sites (tertiary alicyclic amines) is 2. The van der Waals surface area contributed by atoms with E-state index in [1.165, 1.54) is 12.1 Å². The molecule has 3 aliphatic rings. The second-order valence-electron chi connectivity index (χ2n) is 7.44. The molecule has 4 rings (SSSR count). The van der Waals surface area contributed by atoms with E-state index >= 15 is 0 Å². The van der Waals surface area contributed by atoms with Gasteiger partial charge < -0.3 is 14.5 Å². The smallest absolute Gasteiger partial charge is 0.228 e. The molecule has 6 nitrogen and oxygen atoms in total. The van der Waals surface area contributed by atoms with Crippen LogP contribution in [0.2, 0.25) is 0 Å². The van der Waals surface area contributed by atoms with Crippen LogP contribution in [0.5, 0.6) is 0 Å². The van der Waals surface area contributed by atoms with Crippen LogP contribution >= 0.6 is 0 Å². The van der Waals surface area contributed by atoms with Crippen molar-refractivity contribution in [2.24, 2.45) is 11.8 Å². The molecule has 3 atom stereocenters. The van der Waals surface area contributed by atoms with Crippen molar-refractivity contribution >= 4 is 11.8 Å². The average Bonchev–Trinajstić information content (AvgIpc) is 3.33. The lowest BCUT2D eigenvalue weighted by molar-refractivity contribution is -0.146. The monoisotopic (exact) mass is 361 g/mol. The van der Waals surface area contributed by atoms with Crippen LogP contribution in [-0.2, 0) is 20.7 Å². The Morgan fingerprint density at radius 2 is 2.00 bits per heavy atom. The molecule has 0 spiro atoms. The Balaban J connectivity index is 1.47. The third kappa shape index (κ3) is 3.45. The molecule has 4 heterocycles. The average molecular weight is 361 g/mol. The van der Waals surface area contributed by atoms with E-state index in [1.807, 2.05) is 4.90 Å². The molecule has 1 aromatic rings. The molecule has 3 fully saturated rings. The van der Waals surface area contributed by atoms with Gasteiger partial charge in [0, 0.05) is 44.4 Å². The maximum Gasteiger partial charge on any atom is 0.228 e. The van der Waals surface area contributed by atoms with Gasteiger partial charge in [-0.1, -0.05) is 0 Å². The topological polar surface area (TPSA) is 62.7 Å². The zero-order chi connectivity index (χ0) is 18.1. The van der Waals surface area contributed by atoms with E-state index < -0.39 is 5.82 Å². The highest BCUT2D eigenvalue weighted by Crippen LogP contribution is 2.35. The maximum atomic E-state index is 13.0. The SMILES string of the molecule is O=C(Cc1ccc(F)cn1)N1C[C@H](C(=O)N2CCCC2)[C@@H]2CCO[C@@H]2C1. The molecule has 7 heteroatoms. The van der Waals surface area contributed by atoms with Gasteiger partial charge in [0.1, 0.15) is 5.82 Å². The Hall–Kier alpha value is -2.02. The highest BCUT2D eigenvalue weighted by molar-refractivity contribution is 5.83. The number of aromatic nitrogens is 1. The summed E-state index contributed by atoms with van der Waals surface area (Å²) >= 11 is 0. The van der Waals surface area contributed by atoms with E-state index in [4.69, 9.17) is 4.74 Å². The number of carbonyl (C=O) groups excluding carboxylic acids is 2. The van der Waals surface area contributed by atoms with Gasteiger partial charge in [-0.25, -0.2) is 4.39 Å². The van der Waals surface area contributed by atoms with Gasteiger partial charge in [-0.2, -0.15) is 0 Å². The number of rotatable bonds is 3. The van der Waals surface area contributed by atoms with Crippen LogP contribution in [0.15, 0.2) is 18.3 Å². The van der Waals surface area contributed by atoms with E-state index in [-0.39, 0.29) is 36.2 Å². The number of nitrogens with zero attached hydrogens (tertiary/aromatic N) is 3. The number of hydrogen-bond acceptors (Lipinski definition) is 4. The van der Waals surface area contributed by atoms with E-state index in [1.54, 1.807) is 4.90 Å². The molecule has 0 saturated carbocycles. The van der Waals surface area contributed by atoms with Crippen molar-refractivity contribution in [3.05, 3.63) is 29.8 Å². The molecule has 0 aliphatic carbocycles. The summed E-state index contributed by atoms with van der Waals surface area (Å²) in [6.45, 7) is 3.26. The number of fused-ring (bicyclic) bond motifs is 1. The fourth-order valence-electron chi connectivity index (χ4n) is 4.39. The summed E-state index contributed by atoms with van der Waals surface area (Å²) < 4.78 is 18.8. The van der Waals surface area contributed by atoms with Crippen LogP contribution in [0.4, 0.5) is 4.39 Å². The number of halogens is 1. The van der Waals surface area contributed by atoms with Crippen LogP contribution < -0.4 is 0 Å². The Kier molecular flexibility index (Phi) is 4.89.